The van der Waals surface area contributed by atoms with Crippen LogP contribution in [0.4, 0.5) is 0 Å². The van der Waals surface area contributed by atoms with E-state index in [4.69, 9.17) is 5.11 Å². The van der Waals surface area contributed by atoms with Gasteiger partial charge in [0.15, 0.2) is 0 Å². The minimum Gasteiger partial charge on any atom is -0.508 e. The van der Waals surface area contributed by atoms with Crippen LogP contribution in [0.25, 0.3) is 0 Å². The Labute approximate surface area is 133 Å². The fourth-order valence-corrected chi connectivity index (χ4v) is 1.75. The van der Waals surface area contributed by atoms with Gasteiger partial charge in [0.25, 0.3) is 11.8 Å². The molecule has 2 amide bonds. The van der Waals surface area contributed by atoms with Crippen molar-refractivity contribution in [2.45, 2.75) is 6.92 Å². The minimum atomic E-state index is -0.430. The van der Waals surface area contributed by atoms with E-state index in [0.717, 1.165) is 11.1 Å². The molecule has 0 aliphatic rings. The zero-order chi connectivity index (χ0) is 16.7. The summed E-state index contributed by atoms with van der Waals surface area (Å²) in [6.45, 7) is 1.76. The molecule has 0 saturated carbocycles. The van der Waals surface area contributed by atoms with Crippen LogP contribution in [0.1, 0.15) is 21.5 Å². The van der Waals surface area contributed by atoms with Gasteiger partial charge in [-0.3, -0.25) is 9.59 Å². The van der Waals surface area contributed by atoms with E-state index in [1.807, 2.05) is 19.1 Å². The zero-order valence-corrected chi connectivity index (χ0v) is 12.6. The average Bonchev–Trinajstić information content (AvgIpc) is 2.55. The molecule has 118 valence electrons. The van der Waals surface area contributed by atoms with Crippen molar-refractivity contribution in [1.82, 2.24) is 10.7 Å². The molecular formula is C17H17N3O3. The molecule has 0 saturated heterocycles. The number of nitrogens with one attached hydrogen (secondary N) is 2. The summed E-state index contributed by atoms with van der Waals surface area (Å²) in [5, 5.41) is 15.4. The summed E-state index contributed by atoms with van der Waals surface area (Å²) in [6.07, 6.45) is 1.44. The molecule has 0 heterocycles. The normalized spacial score (nSPS) is 10.5. The van der Waals surface area contributed by atoms with Gasteiger partial charge in [0.2, 0.25) is 0 Å². The number of hydrogen-bond acceptors (Lipinski definition) is 4. The lowest BCUT2D eigenvalue weighted by molar-refractivity contribution is -0.120. The second-order valence-electron chi connectivity index (χ2n) is 4.93. The van der Waals surface area contributed by atoms with E-state index in [-0.39, 0.29) is 18.2 Å². The molecule has 2 aromatic rings. The lowest BCUT2D eigenvalue weighted by Gasteiger charge is -2.04. The second kappa shape index (κ2) is 7.74. The Morgan fingerprint density at radius 3 is 2.39 bits per heavy atom. The standard InChI is InChI=1S/C17H17N3O3/c1-12-2-6-14(7-3-12)17(23)18-11-16(22)20-19-10-13-4-8-15(21)9-5-13/h2-10,21H,11H2,1H3,(H,18,23)(H,20,22)/b19-10+. The Bertz CT molecular complexity index is 707. The molecule has 2 rings (SSSR count). The molecule has 0 radical (unpaired) electrons. The van der Waals surface area contributed by atoms with E-state index >= 15 is 0 Å². The Morgan fingerprint density at radius 1 is 1.09 bits per heavy atom. The van der Waals surface area contributed by atoms with Crippen molar-refractivity contribution in [2.24, 2.45) is 5.10 Å². The first-order valence-corrected chi connectivity index (χ1v) is 7.00. The van der Waals surface area contributed by atoms with Crippen LogP contribution >= 0.6 is 0 Å². The van der Waals surface area contributed by atoms with Crippen LogP contribution in [0.5, 0.6) is 5.75 Å². The fourth-order valence-electron chi connectivity index (χ4n) is 1.75. The van der Waals surface area contributed by atoms with E-state index < -0.39 is 5.91 Å². The van der Waals surface area contributed by atoms with Crippen molar-refractivity contribution in [1.29, 1.82) is 0 Å². The van der Waals surface area contributed by atoms with Crippen LogP contribution in [0, 0.1) is 6.92 Å². The van der Waals surface area contributed by atoms with Gasteiger partial charge in [-0.25, -0.2) is 5.43 Å². The van der Waals surface area contributed by atoms with Gasteiger partial charge >= 0.3 is 0 Å². The fraction of sp³-hybridized carbons (Fsp3) is 0.118. The molecule has 0 aromatic heterocycles. The molecule has 23 heavy (non-hydrogen) atoms. The Morgan fingerprint density at radius 2 is 1.74 bits per heavy atom. The molecule has 6 nitrogen and oxygen atoms in total. The largest absolute Gasteiger partial charge is 0.508 e. The topological polar surface area (TPSA) is 90.8 Å². The highest BCUT2D eigenvalue weighted by atomic mass is 16.3. The number of aryl methyl sites for hydroxylation is 1. The second-order valence-corrected chi connectivity index (χ2v) is 4.93. The molecule has 0 aliphatic carbocycles. The predicted molar refractivity (Wildman–Crippen MR) is 87.4 cm³/mol. The highest BCUT2D eigenvalue weighted by Crippen LogP contribution is 2.07. The number of hydrogen-bond donors (Lipinski definition) is 3. The number of aromatic hydroxyl groups is 1. The SMILES string of the molecule is Cc1ccc(C(=O)NCC(=O)N/N=C/c2ccc(O)cc2)cc1. The number of amides is 2. The van der Waals surface area contributed by atoms with Gasteiger partial charge in [0, 0.05) is 5.56 Å². The number of phenolic OH excluding ortho intramolecular Hbond substituents is 1. The molecule has 0 aliphatic heterocycles. The number of benzene rings is 2. The maximum atomic E-state index is 11.8. The minimum absolute atomic E-state index is 0.157. The van der Waals surface area contributed by atoms with E-state index in [2.05, 4.69) is 15.8 Å². The molecule has 2 aromatic carbocycles. The van der Waals surface area contributed by atoms with Crippen molar-refractivity contribution < 1.29 is 14.7 Å². The van der Waals surface area contributed by atoms with Crippen LogP contribution in [0.15, 0.2) is 53.6 Å². The van der Waals surface area contributed by atoms with Gasteiger partial charge in [0.1, 0.15) is 5.75 Å². The van der Waals surface area contributed by atoms with Gasteiger partial charge in [-0.05, 0) is 48.9 Å². The smallest absolute Gasteiger partial charge is 0.259 e. The number of carbonyl (C=O) groups excluding carboxylic acids is 2. The summed E-state index contributed by atoms with van der Waals surface area (Å²) in [5.41, 5.74) is 4.60. The van der Waals surface area contributed by atoms with Crippen molar-refractivity contribution >= 4 is 18.0 Å². The number of rotatable bonds is 5. The maximum Gasteiger partial charge on any atom is 0.259 e. The summed E-state index contributed by atoms with van der Waals surface area (Å²) in [6, 6.07) is 13.4. The Balaban J connectivity index is 1.77. The molecule has 0 bridgehead atoms. The van der Waals surface area contributed by atoms with Crippen LogP contribution in [-0.4, -0.2) is 29.7 Å². The first-order valence-electron chi connectivity index (χ1n) is 7.00. The summed E-state index contributed by atoms with van der Waals surface area (Å²) in [7, 11) is 0. The van der Waals surface area contributed by atoms with Crippen LogP contribution in [0.2, 0.25) is 0 Å². The molecule has 3 N–H and O–H groups in total. The van der Waals surface area contributed by atoms with E-state index in [0.29, 0.717) is 5.56 Å². The van der Waals surface area contributed by atoms with Gasteiger partial charge in [-0.2, -0.15) is 5.10 Å². The zero-order valence-electron chi connectivity index (χ0n) is 12.6. The molecule has 0 spiro atoms. The van der Waals surface area contributed by atoms with Gasteiger partial charge in [0.05, 0.1) is 12.8 Å². The maximum absolute atomic E-state index is 11.8. The Hall–Kier alpha value is -3.15. The van der Waals surface area contributed by atoms with Crippen molar-refractivity contribution in [3.05, 3.63) is 65.2 Å². The van der Waals surface area contributed by atoms with Crippen molar-refractivity contribution in [3.8, 4) is 5.75 Å². The summed E-state index contributed by atoms with van der Waals surface area (Å²) >= 11 is 0. The van der Waals surface area contributed by atoms with E-state index in [1.165, 1.54) is 18.3 Å². The third-order valence-electron chi connectivity index (χ3n) is 3.02. The number of nitrogens with zero attached hydrogens (tertiary/aromatic N) is 1. The average molecular weight is 311 g/mol. The van der Waals surface area contributed by atoms with Gasteiger partial charge < -0.3 is 10.4 Å². The van der Waals surface area contributed by atoms with Crippen LogP contribution < -0.4 is 10.7 Å². The third-order valence-corrected chi connectivity index (χ3v) is 3.02. The summed E-state index contributed by atoms with van der Waals surface area (Å²) in [5.74, 6) is -0.590. The van der Waals surface area contributed by atoms with E-state index in [1.54, 1.807) is 24.3 Å². The van der Waals surface area contributed by atoms with Gasteiger partial charge in [-0.15, -0.1) is 0 Å². The summed E-state index contributed by atoms with van der Waals surface area (Å²) in [4.78, 5) is 23.4. The van der Waals surface area contributed by atoms with Crippen molar-refractivity contribution in [3.63, 3.8) is 0 Å². The Kier molecular flexibility index (Phi) is 5.46. The molecule has 0 atom stereocenters. The first-order chi connectivity index (χ1) is 11.0. The van der Waals surface area contributed by atoms with Crippen molar-refractivity contribution in [2.75, 3.05) is 6.54 Å². The monoisotopic (exact) mass is 311 g/mol. The quantitative estimate of drug-likeness (QED) is 0.578. The molecule has 0 fully saturated rings. The lowest BCUT2D eigenvalue weighted by atomic mass is 10.1. The number of phenols is 1. The first kappa shape index (κ1) is 16.2. The highest BCUT2D eigenvalue weighted by Gasteiger charge is 2.06. The highest BCUT2D eigenvalue weighted by molar-refractivity contribution is 5.96. The molecule has 0 unspecified atom stereocenters. The predicted octanol–water partition coefficient (Wildman–Crippen LogP) is 1.58. The molecule has 6 heteroatoms. The number of hydrazone groups is 1. The lowest BCUT2D eigenvalue weighted by Crippen LogP contribution is -2.34. The summed E-state index contributed by atoms with van der Waals surface area (Å²) < 4.78 is 0. The number of carbonyl (C=O) groups is 2. The third kappa shape index (κ3) is 5.28. The van der Waals surface area contributed by atoms with E-state index in [9.17, 15) is 9.59 Å². The van der Waals surface area contributed by atoms with Crippen LogP contribution in [-0.2, 0) is 4.79 Å². The van der Waals surface area contributed by atoms with Crippen LogP contribution in [0.3, 0.4) is 0 Å². The molecular weight excluding hydrogens is 294 g/mol. The van der Waals surface area contributed by atoms with Gasteiger partial charge in [-0.1, -0.05) is 17.7 Å².